The summed E-state index contributed by atoms with van der Waals surface area (Å²) in [4.78, 5) is 0. The van der Waals surface area contributed by atoms with Gasteiger partial charge in [0.1, 0.15) is 0 Å². The second-order valence-corrected chi connectivity index (χ2v) is 3.54. The zero-order chi connectivity index (χ0) is 11.6. The molecule has 16 heavy (non-hydrogen) atoms. The molecule has 0 fully saturated rings. The maximum atomic E-state index is 12.9. The second kappa shape index (κ2) is 6.65. The minimum absolute atomic E-state index is 0. The summed E-state index contributed by atoms with van der Waals surface area (Å²) in [5.41, 5.74) is -0.0619. The molecular formula is C8H4BBrF5K. The fourth-order valence-corrected chi connectivity index (χ4v) is 1.34. The normalized spacial score (nSPS) is 11.6. The Labute approximate surface area is 140 Å². The van der Waals surface area contributed by atoms with Crippen molar-refractivity contribution < 1.29 is 73.1 Å². The van der Waals surface area contributed by atoms with Crippen LogP contribution in [0.15, 0.2) is 22.6 Å². The summed E-state index contributed by atoms with van der Waals surface area (Å²) in [5.74, 6) is -2.30. The van der Waals surface area contributed by atoms with Crippen molar-refractivity contribution in [2.75, 3.05) is 0 Å². The third-order valence-corrected chi connectivity index (χ3v) is 2.37. The van der Waals surface area contributed by atoms with Gasteiger partial charge in [-0.15, -0.1) is 5.98 Å². The average Bonchev–Trinajstić information content (AvgIpc) is 2.12. The van der Waals surface area contributed by atoms with Crippen LogP contribution in [-0.4, -0.2) is 6.98 Å². The molecule has 0 N–H and O–H groups in total. The molecule has 8 heteroatoms. The molecule has 0 aromatic heterocycles. The standard InChI is InChI=1S/C8H4BBrF5.K/c10-7-5(3-4-9(13,14)15)1-2-6(11)8(7)12;/h1-4H;/q-1;+1/b4-3+;. The Morgan fingerprint density at radius 1 is 1.12 bits per heavy atom. The molecule has 0 heterocycles. The molecule has 1 aromatic carbocycles. The van der Waals surface area contributed by atoms with Crippen LogP contribution in [0.4, 0.5) is 21.7 Å². The van der Waals surface area contributed by atoms with E-state index < -0.39 is 18.6 Å². The Morgan fingerprint density at radius 3 is 2.19 bits per heavy atom. The summed E-state index contributed by atoms with van der Waals surface area (Å²) in [6, 6.07) is 1.82. The van der Waals surface area contributed by atoms with E-state index in [0.717, 1.165) is 12.1 Å². The van der Waals surface area contributed by atoms with Gasteiger partial charge in [-0.3, -0.25) is 0 Å². The van der Waals surface area contributed by atoms with Gasteiger partial charge in [0.05, 0.1) is 4.47 Å². The molecule has 0 aliphatic rings. The van der Waals surface area contributed by atoms with Crippen LogP contribution in [-0.2, 0) is 0 Å². The first-order valence-electron chi connectivity index (χ1n) is 3.84. The summed E-state index contributed by atoms with van der Waals surface area (Å²) < 4.78 is 60.7. The van der Waals surface area contributed by atoms with Gasteiger partial charge in [0.2, 0.25) is 0 Å². The zero-order valence-corrected chi connectivity index (χ0v) is 12.9. The zero-order valence-electron chi connectivity index (χ0n) is 8.15. The number of hydrogen-bond donors (Lipinski definition) is 0. The SMILES string of the molecule is Fc1ccc(/C=C/[B-](F)(F)F)c(Br)c1F.[K+]. The van der Waals surface area contributed by atoms with Gasteiger partial charge in [0.25, 0.3) is 0 Å². The predicted octanol–water partition coefficient (Wildman–Crippen LogP) is 1.13. The molecule has 0 radical (unpaired) electrons. The van der Waals surface area contributed by atoms with E-state index in [0.29, 0.717) is 6.08 Å². The molecule has 0 atom stereocenters. The summed E-state index contributed by atoms with van der Waals surface area (Å²) in [6.07, 6.45) is 0.687. The predicted molar refractivity (Wildman–Crippen MR) is 52.2 cm³/mol. The molecule has 0 unspecified atom stereocenters. The van der Waals surface area contributed by atoms with Crippen LogP contribution < -0.4 is 51.4 Å². The first kappa shape index (κ1) is 16.8. The first-order chi connectivity index (χ1) is 6.81. The van der Waals surface area contributed by atoms with E-state index >= 15 is 0 Å². The van der Waals surface area contributed by atoms with Gasteiger partial charge in [-0.1, -0.05) is 12.1 Å². The third kappa shape index (κ3) is 4.97. The molecule has 0 saturated heterocycles. The van der Waals surface area contributed by atoms with Crippen molar-refractivity contribution in [3.63, 3.8) is 0 Å². The molecule has 1 aromatic rings. The molecule has 0 spiro atoms. The minimum Gasteiger partial charge on any atom is -0.445 e. The van der Waals surface area contributed by atoms with E-state index in [9.17, 15) is 21.7 Å². The second-order valence-electron chi connectivity index (χ2n) is 2.75. The van der Waals surface area contributed by atoms with Crippen molar-refractivity contribution in [3.05, 3.63) is 39.8 Å². The topological polar surface area (TPSA) is 0 Å². The summed E-state index contributed by atoms with van der Waals surface area (Å²) in [6.45, 7) is -5.08. The number of halogens is 6. The van der Waals surface area contributed by atoms with Gasteiger partial charge < -0.3 is 12.9 Å². The van der Waals surface area contributed by atoms with Gasteiger partial charge in [-0.05, 0) is 27.6 Å². The summed E-state index contributed by atoms with van der Waals surface area (Å²) >= 11 is 2.67. The van der Waals surface area contributed by atoms with E-state index in [1.54, 1.807) is 0 Å². The van der Waals surface area contributed by atoms with Crippen LogP contribution in [0.25, 0.3) is 6.08 Å². The third-order valence-electron chi connectivity index (χ3n) is 1.56. The van der Waals surface area contributed by atoms with Crippen LogP contribution in [0.3, 0.4) is 0 Å². The molecule has 0 saturated carbocycles. The molecule has 0 bridgehead atoms. The Hall–Kier alpha value is 0.791. The van der Waals surface area contributed by atoms with Gasteiger partial charge in [0.15, 0.2) is 11.6 Å². The monoisotopic (exact) mass is 324 g/mol. The summed E-state index contributed by atoms with van der Waals surface area (Å²) in [5, 5.41) is 0. The van der Waals surface area contributed by atoms with E-state index in [1.165, 1.54) is 0 Å². The minimum atomic E-state index is -5.08. The maximum Gasteiger partial charge on any atom is 1.00 e. The molecule has 1 rings (SSSR count). The van der Waals surface area contributed by atoms with Crippen molar-refractivity contribution in [2.45, 2.75) is 0 Å². The van der Waals surface area contributed by atoms with E-state index in [4.69, 9.17) is 0 Å². The maximum absolute atomic E-state index is 12.9. The van der Waals surface area contributed by atoms with E-state index in [-0.39, 0.29) is 67.4 Å². The van der Waals surface area contributed by atoms with Crippen LogP contribution in [0.1, 0.15) is 5.56 Å². The van der Waals surface area contributed by atoms with Crippen LogP contribution in [0.5, 0.6) is 0 Å². The smallest absolute Gasteiger partial charge is 0.445 e. The van der Waals surface area contributed by atoms with E-state index in [1.807, 2.05) is 0 Å². The van der Waals surface area contributed by atoms with Crippen molar-refractivity contribution >= 4 is 29.0 Å². The number of benzene rings is 1. The molecule has 0 amide bonds. The Balaban J connectivity index is 0.00000225. The van der Waals surface area contributed by atoms with Crippen LogP contribution in [0.2, 0.25) is 0 Å². The summed E-state index contributed by atoms with van der Waals surface area (Å²) in [7, 11) is 0. The average molecular weight is 325 g/mol. The van der Waals surface area contributed by atoms with Crippen LogP contribution in [0, 0.1) is 11.6 Å². The molecule has 0 nitrogen and oxygen atoms in total. The molecule has 82 valence electrons. The molecule has 0 aliphatic carbocycles. The number of hydrogen-bond acceptors (Lipinski definition) is 0. The van der Waals surface area contributed by atoms with Crippen molar-refractivity contribution in [2.24, 2.45) is 0 Å². The van der Waals surface area contributed by atoms with Gasteiger partial charge in [-0.2, -0.15) is 0 Å². The Bertz CT molecular complexity index is 404. The fourth-order valence-electron chi connectivity index (χ4n) is 0.882. The Morgan fingerprint density at radius 2 is 1.69 bits per heavy atom. The van der Waals surface area contributed by atoms with Gasteiger partial charge in [-0.25, -0.2) is 8.78 Å². The van der Waals surface area contributed by atoms with Crippen molar-refractivity contribution in [1.29, 1.82) is 0 Å². The van der Waals surface area contributed by atoms with Gasteiger partial charge in [0, 0.05) is 0 Å². The Kier molecular flexibility index (Phi) is 6.98. The van der Waals surface area contributed by atoms with Crippen molar-refractivity contribution in [1.82, 2.24) is 0 Å². The fraction of sp³-hybridized carbons (Fsp3) is 0. The number of rotatable bonds is 2. The van der Waals surface area contributed by atoms with Crippen LogP contribution >= 0.6 is 15.9 Å². The molecular weight excluding hydrogens is 321 g/mol. The molecule has 0 aliphatic heterocycles. The van der Waals surface area contributed by atoms with E-state index in [2.05, 4.69) is 15.9 Å². The van der Waals surface area contributed by atoms with Crippen molar-refractivity contribution in [3.8, 4) is 0 Å². The quantitative estimate of drug-likeness (QED) is 0.435. The largest absolute Gasteiger partial charge is 1.00 e. The first-order valence-corrected chi connectivity index (χ1v) is 4.63. The van der Waals surface area contributed by atoms with Gasteiger partial charge >= 0.3 is 58.4 Å².